The van der Waals surface area contributed by atoms with Gasteiger partial charge < -0.3 is 20.5 Å². The predicted octanol–water partition coefficient (Wildman–Crippen LogP) is 2.40. The van der Waals surface area contributed by atoms with Crippen molar-refractivity contribution in [3.8, 4) is 11.3 Å². The predicted molar refractivity (Wildman–Crippen MR) is 90.7 cm³/mol. The Balaban J connectivity index is 0.000000260. The number of aromatic nitrogens is 1. The molecule has 4 N–H and O–H groups in total. The number of carboxylic acid groups (broad SMARTS) is 2. The molecular formula is C18H18F2N2O4. The van der Waals surface area contributed by atoms with Crippen molar-refractivity contribution in [2.75, 3.05) is 0 Å². The summed E-state index contributed by atoms with van der Waals surface area (Å²) >= 11 is 0. The van der Waals surface area contributed by atoms with Crippen molar-refractivity contribution >= 4 is 11.9 Å². The average Bonchev–Trinajstić information content (AvgIpc) is 3.06. The molecule has 0 bridgehead atoms. The number of rotatable bonds is 4. The van der Waals surface area contributed by atoms with Crippen molar-refractivity contribution in [1.29, 1.82) is 0 Å². The van der Waals surface area contributed by atoms with E-state index in [0.717, 1.165) is 22.4 Å². The normalized spacial score (nSPS) is 12.9. The van der Waals surface area contributed by atoms with Gasteiger partial charge in [-0.3, -0.25) is 0 Å². The Morgan fingerprint density at radius 1 is 1.19 bits per heavy atom. The van der Waals surface area contributed by atoms with Crippen LogP contribution in [0.1, 0.15) is 18.1 Å². The number of halogens is 2. The van der Waals surface area contributed by atoms with Crippen LogP contribution in [0.3, 0.4) is 0 Å². The zero-order valence-corrected chi connectivity index (χ0v) is 13.9. The summed E-state index contributed by atoms with van der Waals surface area (Å²) in [5.41, 5.74) is 9.51. The van der Waals surface area contributed by atoms with Gasteiger partial charge in [-0.1, -0.05) is 0 Å². The van der Waals surface area contributed by atoms with Crippen LogP contribution in [0.15, 0.2) is 36.5 Å². The minimum absolute atomic E-state index is 0.0239. The summed E-state index contributed by atoms with van der Waals surface area (Å²) in [6.07, 6.45) is 3.73. The van der Waals surface area contributed by atoms with Gasteiger partial charge >= 0.3 is 11.9 Å². The van der Waals surface area contributed by atoms with Crippen LogP contribution in [0.5, 0.6) is 0 Å². The second-order valence-corrected chi connectivity index (χ2v) is 5.93. The highest BCUT2D eigenvalue weighted by molar-refractivity contribution is 5.89. The second kappa shape index (κ2) is 7.92. The van der Waals surface area contributed by atoms with E-state index in [1.807, 2.05) is 23.8 Å². The molecule has 0 aliphatic heterocycles. The van der Waals surface area contributed by atoms with Crippen LogP contribution >= 0.6 is 0 Å². The maximum absolute atomic E-state index is 13.4. The van der Waals surface area contributed by atoms with Crippen molar-refractivity contribution in [3.05, 3.63) is 59.3 Å². The van der Waals surface area contributed by atoms with E-state index in [1.165, 1.54) is 12.1 Å². The third-order valence-corrected chi connectivity index (χ3v) is 3.68. The lowest BCUT2D eigenvalue weighted by Crippen LogP contribution is -2.22. The van der Waals surface area contributed by atoms with Crippen LogP contribution in [-0.2, 0) is 22.6 Å². The Labute approximate surface area is 148 Å². The molecule has 1 atom stereocenters. The lowest BCUT2D eigenvalue weighted by atomic mass is 10.1. The number of fused-ring (bicyclic) bond motifs is 3. The van der Waals surface area contributed by atoms with E-state index in [9.17, 15) is 18.4 Å². The molecule has 2 aromatic rings. The second-order valence-electron chi connectivity index (χ2n) is 5.93. The topological polar surface area (TPSA) is 106 Å². The third-order valence-electron chi connectivity index (χ3n) is 3.68. The molecule has 0 unspecified atom stereocenters. The number of carboxylic acids is 2. The minimum atomic E-state index is -1.26. The van der Waals surface area contributed by atoms with Crippen molar-refractivity contribution in [2.45, 2.75) is 25.9 Å². The van der Waals surface area contributed by atoms with E-state index in [-0.39, 0.29) is 6.04 Å². The first-order valence-electron chi connectivity index (χ1n) is 7.74. The van der Waals surface area contributed by atoms with E-state index in [1.54, 1.807) is 0 Å². The Morgan fingerprint density at radius 2 is 1.77 bits per heavy atom. The number of carbonyl (C=O) groups is 2. The first-order valence-corrected chi connectivity index (χ1v) is 7.74. The highest BCUT2D eigenvalue weighted by Gasteiger charge is 2.24. The molecule has 0 saturated carbocycles. The number of aliphatic carboxylic acids is 2. The van der Waals surface area contributed by atoms with Crippen LogP contribution in [-0.4, -0.2) is 32.8 Å². The van der Waals surface area contributed by atoms with Crippen LogP contribution in [0, 0.1) is 11.6 Å². The number of nitrogens with zero attached hydrogens (tertiary/aromatic N) is 1. The van der Waals surface area contributed by atoms with Gasteiger partial charge in [0, 0.05) is 42.9 Å². The lowest BCUT2D eigenvalue weighted by Gasteiger charge is -2.11. The van der Waals surface area contributed by atoms with Crippen LogP contribution < -0.4 is 5.73 Å². The Bertz CT molecular complexity index is 856. The first kappa shape index (κ1) is 19.3. The van der Waals surface area contributed by atoms with E-state index in [2.05, 4.69) is 0 Å². The van der Waals surface area contributed by atoms with Gasteiger partial charge in [-0.05, 0) is 36.2 Å². The molecule has 0 fully saturated rings. The number of hydrogen-bond acceptors (Lipinski definition) is 3. The highest BCUT2D eigenvalue weighted by atomic mass is 19.2. The number of benzene rings is 1. The van der Waals surface area contributed by atoms with E-state index >= 15 is 0 Å². The Hall–Kier alpha value is -3.00. The molecule has 1 aliphatic rings. The fourth-order valence-electron chi connectivity index (χ4n) is 2.75. The molecule has 6 nitrogen and oxygen atoms in total. The zero-order chi connectivity index (χ0) is 19.4. The summed E-state index contributed by atoms with van der Waals surface area (Å²) in [6.45, 7) is 2.60. The molecule has 0 amide bonds. The molecule has 138 valence electrons. The van der Waals surface area contributed by atoms with Gasteiger partial charge in [-0.2, -0.15) is 0 Å². The summed E-state index contributed by atoms with van der Waals surface area (Å²) in [4.78, 5) is 19.1. The molecule has 0 radical (unpaired) electrons. The maximum Gasteiger partial charge on any atom is 0.328 e. The average molecular weight is 364 g/mol. The molecule has 1 aliphatic carbocycles. The standard InChI is InChI=1S/C14H14F2N2.C4H4O4/c1-8(17)7-18-3-2-9-4-10-5-12(15)13(16)6-11(10)14(9)18;5-3(6)1-2-4(7)8/h2-3,5-6,8H,4,7,17H2,1H3;1-2H,(H,5,6)(H,7,8)/t8-;/m0./s1. The van der Waals surface area contributed by atoms with E-state index in [0.29, 0.717) is 25.1 Å². The van der Waals surface area contributed by atoms with Gasteiger partial charge in [0.2, 0.25) is 0 Å². The fourth-order valence-corrected chi connectivity index (χ4v) is 2.75. The molecule has 26 heavy (non-hydrogen) atoms. The third kappa shape index (κ3) is 4.54. The molecule has 0 spiro atoms. The Morgan fingerprint density at radius 3 is 2.31 bits per heavy atom. The lowest BCUT2D eigenvalue weighted by molar-refractivity contribution is -0.134. The van der Waals surface area contributed by atoms with E-state index in [4.69, 9.17) is 15.9 Å². The van der Waals surface area contributed by atoms with Crippen molar-refractivity contribution in [1.82, 2.24) is 4.57 Å². The van der Waals surface area contributed by atoms with Gasteiger partial charge in [0.1, 0.15) is 0 Å². The van der Waals surface area contributed by atoms with Gasteiger partial charge in [0.05, 0.1) is 5.69 Å². The summed E-state index contributed by atoms with van der Waals surface area (Å²) < 4.78 is 28.6. The quantitative estimate of drug-likeness (QED) is 0.617. The summed E-state index contributed by atoms with van der Waals surface area (Å²) in [5.74, 6) is -4.09. The highest BCUT2D eigenvalue weighted by Crippen LogP contribution is 2.38. The SMILES string of the molecule is C[C@H](N)Cn1ccc2c1-c1cc(F)c(F)cc1C2.O=C(O)C=CC(=O)O. The largest absolute Gasteiger partial charge is 0.478 e. The van der Waals surface area contributed by atoms with Crippen LogP contribution in [0.25, 0.3) is 11.3 Å². The monoisotopic (exact) mass is 364 g/mol. The van der Waals surface area contributed by atoms with Crippen molar-refractivity contribution < 1.29 is 28.6 Å². The minimum Gasteiger partial charge on any atom is -0.478 e. The van der Waals surface area contributed by atoms with Gasteiger partial charge in [0.25, 0.3) is 0 Å². The molecule has 3 rings (SSSR count). The van der Waals surface area contributed by atoms with Gasteiger partial charge in [-0.25, -0.2) is 18.4 Å². The molecular weight excluding hydrogens is 346 g/mol. The molecule has 0 saturated heterocycles. The smallest absolute Gasteiger partial charge is 0.328 e. The molecule has 1 aromatic carbocycles. The number of nitrogens with two attached hydrogens (primary N) is 1. The van der Waals surface area contributed by atoms with Gasteiger partial charge in [0.15, 0.2) is 11.6 Å². The summed E-state index contributed by atoms with van der Waals surface area (Å²) in [6, 6.07) is 4.60. The van der Waals surface area contributed by atoms with E-state index < -0.39 is 23.6 Å². The van der Waals surface area contributed by atoms with Crippen molar-refractivity contribution in [3.63, 3.8) is 0 Å². The fraction of sp³-hybridized carbons (Fsp3) is 0.222. The number of hydrogen-bond donors (Lipinski definition) is 3. The van der Waals surface area contributed by atoms with Crippen LogP contribution in [0.2, 0.25) is 0 Å². The summed E-state index contributed by atoms with van der Waals surface area (Å²) in [5, 5.41) is 15.6. The van der Waals surface area contributed by atoms with Crippen LogP contribution in [0.4, 0.5) is 8.78 Å². The first-order chi connectivity index (χ1) is 12.2. The molecule has 1 heterocycles. The maximum atomic E-state index is 13.4. The zero-order valence-electron chi connectivity index (χ0n) is 13.9. The Kier molecular flexibility index (Phi) is 5.89. The van der Waals surface area contributed by atoms with Crippen molar-refractivity contribution in [2.24, 2.45) is 5.73 Å². The molecule has 8 heteroatoms. The molecule has 1 aromatic heterocycles. The summed E-state index contributed by atoms with van der Waals surface area (Å²) in [7, 11) is 0. The van der Waals surface area contributed by atoms with Gasteiger partial charge in [-0.15, -0.1) is 0 Å².